The summed E-state index contributed by atoms with van der Waals surface area (Å²) < 4.78 is 53.4. The molecule has 3 rings (SSSR count). The molecule has 0 bridgehead atoms. The summed E-state index contributed by atoms with van der Waals surface area (Å²) in [5.74, 6) is -1.15. The van der Waals surface area contributed by atoms with E-state index in [1.807, 2.05) is 5.32 Å². The van der Waals surface area contributed by atoms with E-state index in [0.29, 0.717) is 36.5 Å². The Kier molecular flexibility index (Phi) is 6.09. The van der Waals surface area contributed by atoms with Crippen LogP contribution in [0.3, 0.4) is 0 Å². The molecule has 0 unspecified atom stereocenters. The van der Waals surface area contributed by atoms with Crippen molar-refractivity contribution < 1.29 is 41.8 Å². The van der Waals surface area contributed by atoms with Gasteiger partial charge in [-0.2, -0.15) is 13.2 Å². The Bertz CT molecular complexity index is 977. The number of hydrogen-bond acceptors (Lipinski definition) is 6. The normalized spacial score (nSPS) is 12.6. The highest BCUT2D eigenvalue weighted by Gasteiger charge is 2.31. The maximum Gasteiger partial charge on any atom is 0.416 e. The molecule has 1 heterocycles. The molecule has 0 radical (unpaired) electrons. The van der Waals surface area contributed by atoms with Crippen molar-refractivity contribution in [1.82, 2.24) is 5.32 Å². The van der Waals surface area contributed by atoms with Gasteiger partial charge < -0.3 is 19.5 Å². The molecule has 0 saturated heterocycles. The Balaban J connectivity index is 1.49. The van der Waals surface area contributed by atoms with Gasteiger partial charge in [0, 0.05) is 11.8 Å². The zero-order chi connectivity index (χ0) is 21.7. The molecule has 8 nitrogen and oxygen atoms in total. The van der Waals surface area contributed by atoms with Crippen LogP contribution in [0.5, 0.6) is 11.5 Å². The number of benzene rings is 2. The van der Waals surface area contributed by atoms with E-state index in [2.05, 4.69) is 10.1 Å². The van der Waals surface area contributed by atoms with E-state index in [1.54, 1.807) is 6.07 Å². The minimum atomic E-state index is -4.63. The van der Waals surface area contributed by atoms with Crippen LogP contribution in [0.15, 0.2) is 42.5 Å². The SMILES string of the molecule is O=C(COC(=O)c1cccc(C(F)(F)F)c1)NC(=O)Nc1ccc2c(c1)OCCO2. The van der Waals surface area contributed by atoms with Gasteiger partial charge in [-0.1, -0.05) is 6.07 Å². The average molecular weight is 424 g/mol. The third-order valence-corrected chi connectivity index (χ3v) is 3.81. The molecule has 2 N–H and O–H groups in total. The van der Waals surface area contributed by atoms with E-state index in [-0.39, 0.29) is 5.56 Å². The fraction of sp³-hybridized carbons (Fsp3) is 0.211. The molecule has 158 valence electrons. The van der Waals surface area contributed by atoms with Crippen LogP contribution in [-0.2, 0) is 15.7 Å². The maximum absolute atomic E-state index is 12.7. The molecule has 0 fully saturated rings. The third kappa shape index (κ3) is 5.40. The van der Waals surface area contributed by atoms with Crippen molar-refractivity contribution in [2.24, 2.45) is 0 Å². The largest absolute Gasteiger partial charge is 0.486 e. The number of carbonyl (C=O) groups excluding carboxylic acids is 3. The van der Waals surface area contributed by atoms with Crippen molar-refractivity contribution in [2.75, 3.05) is 25.1 Å². The molecular formula is C19H15F3N2O6. The average Bonchev–Trinajstić information content (AvgIpc) is 2.71. The lowest BCUT2D eigenvalue weighted by Gasteiger charge is -2.19. The standard InChI is InChI=1S/C19H15F3N2O6/c20-19(21,22)12-3-1-2-11(8-12)17(26)30-10-16(25)24-18(27)23-13-4-5-14-15(9-13)29-7-6-28-14/h1-5,8-9H,6-7,10H2,(H2,23,24,25,27). The van der Waals surface area contributed by atoms with Crippen molar-refractivity contribution in [3.63, 3.8) is 0 Å². The number of hydrogen-bond donors (Lipinski definition) is 2. The monoisotopic (exact) mass is 424 g/mol. The summed E-state index contributed by atoms with van der Waals surface area (Å²) in [7, 11) is 0. The van der Waals surface area contributed by atoms with Gasteiger partial charge in [0.2, 0.25) is 0 Å². The van der Waals surface area contributed by atoms with E-state index in [9.17, 15) is 27.6 Å². The number of anilines is 1. The van der Waals surface area contributed by atoms with Crippen molar-refractivity contribution in [1.29, 1.82) is 0 Å². The minimum Gasteiger partial charge on any atom is -0.486 e. The van der Waals surface area contributed by atoms with Crippen LogP contribution in [0.25, 0.3) is 0 Å². The molecule has 2 aromatic rings. The zero-order valence-electron chi connectivity index (χ0n) is 15.2. The quantitative estimate of drug-likeness (QED) is 0.732. The van der Waals surface area contributed by atoms with Crippen LogP contribution in [0.1, 0.15) is 15.9 Å². The first kappa shape index (κ1) is 21.0. The summed E-state index contributed by atoms with van der Waals surface area (Å²) in [6.07, 6.45) is -4.63. The number of alkyl halides is 3. The highest BCUT2D eigenvalue weighted by atomic mass is 19.4. The van der Waals surface area contributed by atoms with Crippen molar-refractivity contribution in [2.45, 2.75) is 6.18 Å². The van der Waals surface area contributed by atoms with Gasteiger partial charge >= 0.3 is 18.2 Å². The molecule has 3 amide bonds. The van der Waals surface area contributed by atoms with Gasteiger partial charge in [-0.05, 0) is 30.3 Å². The van der Waals surface area contributed by atoms with Gasteiger partial charge in [0.1, 0.15) is 13.2 Å². The number of esters is 1. The summed E-state index contributed by atoms with van der Waals surface area (Å²) in [4.78, 5) is 35.5. The highest BCUT2D eigenvalue weighted by Crippen LogP contribution is 2.32. The third-order valence-electron chi connectivity index (χ3n) is 3.81. The number of halogens is 3. The number of urea groups is 1. The molecule has 2 aromatic carbocycles. The van der Waals surface area contributed by atoms with Crippen LogP contribution in [0, 0.1) is 0 Å². The lowest BCUT2D eigenvalue weighted by Crippen LogP contribution is -2.37. The number of rotatable bonds is 4. The first-order valence-electron chi connectivity index (χ1n) is 8.57. The number of imide groups is 1. The van der Waals surface area contributed by atoms with E-state index in [1.165, 1.54) is 12.1 Å². The second-order valence-corrected chi connectivity index (χ2v) is 6.02. The molecule has 1 aliphatic heterocycles. The Morgan fingerprint density at radius 1 is 1.00 bits per heavy atom. The maximum atomic E-state index is 12.7. The van der Waals surface area contributed by atoms with Gasteiger partial charge in [0.15, 0.2) is 18.1 Å². The van der Waals surface area contributed by atoms with Crippen molar-refractivity contribution in [3.8, 4) is 11.5 Å². The molecule has 0 spiro atoms. The fourth-order valence-electron chi connectivity index (χ4n) is 2.48. The van der Waals surface area contributed by atoms with Gasteiger partial charge in [0.25, 0.3) is 5.91 Å². The minimum absolute atomic E-state index is 0.325. The van der Waals surface area contributed by atoms with Crippen LogP contribution >= 0.6 is 0 Å². The number of nitrogens with one attached hydrogen (secondary N) is 2. The molecule has 1 aliphatic rings. The van der Waals surface area contributed by atoms with Crippen LogP contribution in [0.4, 0.5) is 23.7 Å². The first-order chi connectivity index (χ1) is 14.2. The number of fused-ring (bicyclic) bond motifs is 1. The Morgan fingerprint density at radius 2 is 1.73 bits per heavy atom. The van der Waals surface area contributed by atoms with E-state index in [4.69, 9.17) is 9.47 Å². The zero-order valence-corrected chi connectivity index (χ0v) is 15.2. The molecule has 0 atom stereocenters. The Hall–Kier alpha value is -3.76. The second kappa shape index (κ2) is 8.72. The number of ether oxygens (including phenoxy) is 3. The predicted molar refractivity (Wildman–Crippen MR) is 96.3 cm³/mol. The summed E-state index contributed by atoms with van der Waals surface area (Å²) >= 11 is 0. The molecular weight excluding hydrogens is 409 g/mol. The van der Waals surface area contributed by atoms with Gasteiger partial charge in [-0.3, -0.25) is 10.1 Å². The number of carbonyl (C=O) groups is 3. The molecule has 11 heteroatoms. The summed E-state index contributed by atoms with van der Waals surface area (Å²) in [6, 6.07) is 7.29. The van der Waals surface area contributed by atoms with E-state index in [0.717, 1.165) is 18.2 Å². The predicted octanol–water partition coefficient (Wildman–Crippen LogP) is 2.98. The lowest BCUT2D eigenvalue weighted by atomic mass is 10.1. The van der Waals surface area contributed by atoms with Gasteiger partial charge in [-0.25, -0.2) is 9.59 Å². The first-order valence-corrected chi connectivity index (χ1v) is 8.57. The molecule has 0 saturated carbocycles. The highest BCUT2D eigenvalue weighted by molar-refractivity contribution is 6.02. The lowest BCUT2D eigenvalue weighted by molar-refractivity contribution is -0.137. The van der Waals surface area contributed by atoms with Gasteiger partial charge in [-0.15, -0.1) is 0 Å². The summed E-state index contributed by atoms with van der Waals surface area (Å²) in [6.45, 7) is -0.0873. The topological polar surface area (TPSA) is 103 Å². The van der Waals surface area contributed by atoms with Crippen molar-refractivity contribution in [3.05, 3.63) is 53.6 Å². The number of amides is 3. The van der Waals surface area contributed by atoms with E-state index < -0.39 is 36.3 Å². The Labute approximate surface area is 167 Å². The molecule has 0 aromatic heterocycles. The van der Waals surface area contributed by atoms with Crippen LogP contribution in [-0.4, -0.2) is 37.7 Å². The van der Waals surface area contributed by atoms with Crippen LogP contribution < -0.4 is 20.1 Å². The fourth-order valence-corrected chi connectivity index (χ4v) is 2.48. The smallest absolute Gasteiger partial charge is 0.416 e. The Morgan fingerprint density at radius 3 is 2.47 bits per heavy atom. The van der Waals surface area contributed by atoms with E-state index >= 15 is 0 Å². The van der Waals surface area contributed by atoms with Crippen molar-refractivity contribution >= 4 is 23.6 Å². The second-order valence-electron chi connectivity index (χ2n) is 6.02. The summed E-state index contributed by atoms with van der Waals surface area (Å²) in [5, 5.41) is 4.33. The molecule has 0 aliphatic carbocycles. The molecule has 30 heavy (non-hydrogen) atoms. The van der Waals surface area contributed by atoms with Gasteiger partial charge in [0.05, 0.1) is 11.1 Å². The summed E-state index contributed by atoms with van der Waals surface area (Å²) in [5.41, 5.74) is -1.08. The van der Waals surface area contributed by atoms with Crippen LogP contribution in [0.2, 0.25) is 0 Å².